The largest absolute Gasteiger partial charge is 0.481 e. The molecular weight excluding hydrogens is 376 g/mol. The highest BCUT2D eigenvalue weighted by Gasteiger charge is 2.51. The predicted molar refractivity (Wildman–Crippen MR) is 107 cm³/mol. The van der Waals surface area contributed by atoms with Gasteiger partial charge in [0.15, 0.2) is 0 Å². The third kappa shape index (κ3) is 3.15. The minimum Gasteiger partial charge on any atom is -0.481 e. The number of aliphatic carboxylic acids is 1. The average molecular weight is 403 g/mol. The van der Waals surface area contributed by atoms with Crippen molar-refractivity contribution in [3.8, 4) is 0 Å². The van der Waals surface area contributed by atoms with E-state index < -0.39 is 23.7 Å². The van der Waals surface area contributed by atoms with Gasteiger partial charge in [-0.3, -0.25) is 14.4 Å². The third-order valence-electron chi connectivity index (χ3n) is 6.59. The van der Waals surface area contributed by atoms with Gasteiger partial charge < -0.3 is 16.2 Å². The number of allylic oxidation sites excluding steroid dienone is 2. The Morgan fingerprint density at radius 3 is 2.61 bits per heavy atom. The van der Waals surface area contributed by atoms with Crippen LogP contribution in [0.2, 0.25) is 0 Å². The maximum atomic E-state index is 13.0. The van der Waals surface area contributed by atoms with Crippen LogP contribution in [0.1, 0.15) is 53.4 Å². The number of carboxylic acids is 1. The number of amides is 2. The zero-order valence-electron chi connectivity index (χ0n) is 15.9. The topological polar surface area (TPSA) is 109 Å². The summed E-state index contributed by atoms with van der Waals surface area (Å²) in [6.45, 7) is 2.17. The van der Waals surface area contributed by atoms with E-state index in [9.17, 15) is 19.5 Å². The number of carbonyl (C=O) groups is 3. The Balaban J connectivity index is 1.60. The molecule has 2 amide bonds. The maximum absolute atomic E-state index is 13.0. The van der Waals surface area contributed by atoms with Crippen molar-refractivity contribution in [3.63, 3.8) is 0 Å². The number of carbonyl (C=O) groups excluding carboxylic acids is 2. The number of nitrogens with one attached hydrogen (secondary N) is 1. The van der Waals surface area contributed by atoms with E-state index in [0.29, 0.717) is 22.9 Å². The first kappa shape index (κ1) is 19.2. The molecule has 1 fully saturated rings. The molecule has 0 spiro atoms. The SMILES string of the molecule is CCC[C@H]1CCc2c(sc(NC(=O)[C@@H]3[C@@H](C(=O)O)[C@H]4C=C[C@H]3C4)c2C(N)=O)C1. The molecule has 1 heterocycles. The summed E-state index contributed by atoms with van der Waals surface area (Å²) in [5, 5.41) is 13.0. The van der Waals surface area contributed by atoms with Crippen molar-refractivity contribution >= 4 is 34.1 Å². The molecule has 4 N–H and O–H groups in total. The second-order valence-electron chi connectivity index (χ2n) is 8.30. The maximum Gasteiger partial charge on any atom is 0.307 e. The molecule has 6 nitrogen and oxygen atoms in total. The van der Waals surface area contributed by atoms with Gasteiger partial charge in [-0.15, -0.1) is 11.3 Å². The van der Waals surface area contributed by atoms with Gasteiger partial charge in [0.25, 0.3) is 5.91 Å². The minimum atomic E-state index is -0.931. The molecule has 3 aliphatic rings. The lowest BCUT2D eigenvalue weighted by Crippen LogP contribution is -2.36. The van der Waals surface area contributed by atoms with Gasteiger partial charge in [0.2, 0.25) is 5.91 Å². The third-order valence-corrected chi connectivity index (χ3v) is 7.76. The molecule has 0 aliphatic heterocycles. The summed E-state index contributed by atoms with van der Waals surface area (Å²) in [6.07, 6.45) is 9.62. The number of carboxylic acid groups (broad SMARTS) is 1. The Bertz CT molecular complexity index is 859. The molecular formula is C21H26N2O4S. The lowest BCUT2D eigenvalue weighted by atomic mass is 9.82. The molecule has 2 bridgehead atoms. The van der Waals surface area contributed by atoms with Crippen LogP contribution >= 0.6 is 11.3 Å². The van der Waals surface area contributed by atoms with Crippen molar-refractivity contribution in [1.29, 1.82) is 0 Å². The molecule has 1 aromatic heterocycles. The van der Waals surface area contributed by atoms with Gasteiger partial charge in [0.05, 0.1) is 17.4 Å². The van der Waals surface area contributed by atoms with Crippen molar-refractivity contribution in [3.05, 3.63) is 28.2 Å². The van der Waals surface area contributed by atoms with Crippen LogP contribution in [0.4, 0.5) is 5.00 Å². The zero-order chi connectivity index (χ0) is 20.0. The number of fused-ring (bicyclic) bond motifs is 3. The van der Waals surface area contributed by atoms with Gasteiger partial charge in [-0.2, -0.15) is 0 Å². The van der Waals surface area contributed by atoms with E-state index in [1.807, 2.05) is 12.2 Å². The van der Waals surface area contributed by atoms with Gasteiger partial charge in [0.1, 0.15) is 5.00 Å². The van der Waals surface area contributed by atoms with Crippen LogP contribution in [0.25, 0.3) is 0 Å². The van der Waals surface area contributed by atoms with Crippen LogP contribution in [0.5, 0.6) is 0 Å². The van der Waals surface area contributed by atoms with E-state index in [2.05, 4.69) is 12.2 Å². The number of anilines is 1. The molecule has 0 aromatic carbocycles. The zero-order valence-corrected chi connectivity index (χ0v) is 16.8. The lowest BCUT2D eigenvalue weighted by molar-refractivity contribution is -0.146. The Labute approximate surface area is 168 Å². The van der Waals surface area contributed by atoms with E-state index in [4.69, 9.17) is 5.73 Å². The van der Waals surface area contributed by atoms with Crippen molar-refractivity contribution in [1.82, 2.24) is 0 Å². The quantitative estimate of drug-likeness (QED) is 0.635. The van der Waals surface area contributed by atoms with E-state index in [0.717, 1.165) is 42.5 Å². The van der Waals surface area contributed by atoms with Crippen LogP contribution in [0, 0.1) is 29.6 Å². The summed E-state index contributed by atoms with van der Waals surface area (Å²) in [5.74, 6) is -2.59. The number of hydrogen-bond acceptors (Lipinski definition) is 4. The van der Waals surface area contributed by atoms with Gasteiger partial charge in [-0.05, 0) is 49.0 Å². The molecule has 28 heavy (non-hydrogen) atoms. The van der Waals surface area contributed by atoms with Crippen molar-refractivity contribution in [2.75, 3.05) is 5.32 Å². The van der Waals surface area contributed by atoms with Crippen LogP contribution in [-0.2, 0) is 22.4 Å². The van der Waals surface area contributed by atoms with E-state index in [-0.39, 0.29) is 17.7 Å². The molecule has 0 unspecified atom stereocenters. The summed E-state index contributed by atoms with van der Waals surface area (Å²) in [4.78, 5) is 38.0. The highest BCUT2D eigenvalue weighted by atomic mass is 32.1. The number of thiophene rings is 1. The molecule has 4 rings (SSSR count). The number of rotatable bonds is 6. The standard InChI is InChI=1S/C21H26N2O4S/c1-2-3-10-4-7-13-14(8-10)28-20(17(13)18(22)24)23-19(25)15-11-5-6-12(9-11)16(15)21(26)27/h5-6,10-12,15-16H,2-4,7-9H2,1H3,(H2,22,24)(H,23,25)(H,26,27)/t10-,11-,12-,15-,16-/m0/s1. The molecule has 0 saturated heterocycles. The Kier molecular flexibility index (Phi) is 5.04. The summed E-state index contributed by atoms with van der Waals surface area (Å²) >= 11 is 1.44. The second-order valence-corrected chi connectivity index (χ2v) is 9.40. The molecule has 0 radical (unpaired) electrons. The fourth-order valence-corrected chi connectivity index (χ4v) is 6.74. The van der Waals surface area contributed by atoms with Crippen molar-refractivity contribution in [2.24, 2.45) is 35.3 Å². The summed E-state index contributed by atoms with van der Waals surface area (Å²) in [6, 6.07) is 0. The summed E-state index contributed by atoms with van der Waals surface area (Å²) in [7, 11) is 0. The number of hydrogen-bond donors (Lipinski definition) is 3. The Hall–Kier alpha value is -2.15. The van der Waals surface area contributed by atoms with Crippen LogP contribution in [0.15, 0.2) is 12.2 Å². The van der Waals surface area contributed by atoms with Crippen molar-refractivity contribution < 1.29 is 19.5 Å². The number of nitrogens with two attached hydrogens (primary N) is 1. The minimum absolute atomic E-state index is 0.0494. The molecule has 3 aliphatic carbocycles. The van der Waals surface area contributed by atoms with E-state index in [1.54, 1.807) is 0 Å². The Morgan fingerprint density at radius 1 is 1.25 bits per heavy atom. The van der Waals surface area contributed by atoms with Crippen LogP contribution < -0.4 is 11.1 Å². The predicted octanol–water partition coefficient (Wildman–Crippen LogP) is 3.21. The highest BCUT2D eigenvalue weighted by Crippen LogP contribution is 2.49. The average Bonchev–Trinajstić information content (AvgIpc) is 3.33. The molecule has 7 heteroatoms. The van der Waals surface area contributed by atoms with Crippen molar-refractivity contribution in [2.45, 2.75) is 45.4 Å². The molecule has 150 valence electrons. The van der Waals surface area contributed by atoms with Gasteiger partial charge in [0, 0.05) is 4.88 Å². The van der Waals surface area contributed by atoms with Crippen LogP contribution in [0.3, 0.4) is 0 Å². The van der Waals surface area contributed by atoms with Gasteiger partial charge in [-0.1, -0.05) is 31.9 Å². The normalized spacial score (nSPS) is 30.2. The lowest BCUT2D eigenvalue weighted by Gasteiger charge is -2.23. The summed E-state index contributed by atoms with van der Waals surface area (Å²) < 4.78 is 0. The fourth-order valence-electron chi connectivity index (χ4n) is 5.37. The number of primary amides is 1. The fraction of sp³-hybridized carbons (Fsp3) is 0.571. The molecule has 5 atom stereocenters. The monoisotopic (exact) mass is 402 g/mol. The summed E-state index contributed by atoms with van der Waals surface area (Å²) in [5.41, 5.74) is 7.05. The smallest absolute Gasteiger partial charge is 0.307 e. The first-order chi connectivity index (χ1) is 13.4. The van der Waals surface area contributed by atoms with Gasteiger partial charge >= 0.3 is 5.97 Å². The van der Waals surface area contributed by atoms with E-state index in [1.165, 1.54) is 11.3 Å². The van der Waals surface area contributed by atoms with Gasteiger partial charge in [-0.25, -0.2) is 0 Å². The molecule has 1 saturated carbocycles. The Morgan fingerprint density at radius 2 is 1.96 bits per heavy atom. The molecule has 1 aromatic rings. The first-order valence-electron chi connectivity index (χ1n) is 10.1. The van der Waals surface area contributed by atoms with Crippen LogP contribution in [-0.4, -0.2) is 22.9 Å². The van der Waals surface area contributed by atoms with E-state index >= 15 is 0 Å². The highest BCUT2D eigenvalue weighted by molar-refractivity contribution is 7.17. The first-order valence-corrected chi connectivity index (χ1v) is 10.9. The second kappa shape index (κ2) is 7.35.